The summed E-state index contributed by atoms with van der Waals surface area (Å²) < 4.78 is 0. The van der Waals surface area contributed by atoms with Crippen molar-refractivity contribution in [2.24, 2.45) is 5.41 Å². The van der Waals surface area contributed by atoms with Crippen molar-refractivity contribution in [3.05, 3.63) is 23.8 Å². The van der Waals surface area contributed by atoms with Crippen LogP contribution in [0, 0.1) is 5.41 Å². The molecule has 0 N–H and O–H groups in total. The van der Waals surface area contributed by atoms with Gasteiger partial charge in [0.2, 0.25) is 0 Å². The number of hydrogen-bond acceptors (Lipinski definition) is 0. The van der Waals surface area contributed by atoms with Gasteiger partial charge in [0.05, 0.1) is 0 Å². The van der Waals surface area contributed by atoms with E-state index in [1.54, 1.807) is 0 Å². The molecule has 0 spiro atoms. The van der Waals surface area contributed by atoms with E-state index >= 15 is 0 Å². The van der Waals surface area contributed by atoms with Crippen molar-refractivity contribution >= 4 is 0 Å². The highest BCUT2D eigenvalue weighted by Crippen LogP contribution is 2.36. The molecule has 0 saturated heterocycles. The van der Waals surface area contributed by atoms with E-state index in [1.165, 1.54) is 24.8 Å². The maximum absolute atomic E-state index is 2.38. The molecule has 0 aliphatic heterocycles. The van der Waals surface area contributed by atoms with E-state index in [0.29, 0.717) is 5.41 Å². The second-order valence-electron chi connectivity index (χ2n) is 3.94. The zero-order valence-corrected chi connectivity index (χ0v) is 7.85. The van der Waals surface area contributed by atoms with Crippen LogP contribution in [0.5, 0.6) is 0 Å². The lowest BCUT2D eigenvalue weighted by Gasteiger charge is -2.29. The van der Waals surface area contributed by atoms with Gasteiger partial charge in [0.25, 0.3) is 0 Å². The number of allylic oxidation sites excluding steroid dienone is 4. The third-order valence-corrected chi connectivity index (χ3v) is 2.50. The fraction of sp³-hybridized carbons (Fsp3) is 0.636. The van der Waals surface area contributed by atoms with Crippen LogP contribution in [0.4, 0.5) is 0 Å². The third kappa shape index (κ3) is 1.95. The van der Waals surface area contributed by atoms with Gasteiger partial charge in [0, 0.05) is 0 Å². The molecule has 0 fully saturated rings. The summed E-state index contributed by atoms with van der Waals surface area (Å²) in [5.41, 5.74) is 1.94. The SMILES string of the molecule is C/C=C/C1=CCCCC1(C)C. The van der Waals surface area contributed by atoms with Crippen molar-refractivity contribution in [3.63, 3.8) is 0 Å². The Hall–Kier alpha value is -0.520. The standard InChI is InChI=1S/C11H18/c1-4-7-10-8-5-6-9-11(10,2)3/h4,7-8H,5-6,9H2,1-3H3/b7-4+. The Morgan fingerprint density at radius 2 is 2.18 bits per heavy atom. The Labute approximate surface area is 70.0 Å². The van der Waals surface area contributed by atoms with E-state index in [-0.39, 0.29) is 0 Å². The highest BCUT2D eigenvalue weighted by molar-refractivity contribution is 5.26. The lowest BCUT2D eigenvalue weighted by atomic mass is 9.75. The van der Waals surface area contributed by atoms with Gasteiger partial charge in [-0.3, -0.25) is 0 Å². The quantitative estimate of drug-likeness (QED) is 0.534. The molecular formula is C11H18. The largest absolute Gasteiger partial charge is 0.0874 e. The fourth-order valence-electron chi connectivity index (χ4n) is 1.70. The lowest BCUT2D eigenvalue weighted by molar-refractivity contribution is 0.385. The molecule has 0 heterocycles. The molecule has 0 nitrogen and oxygen atoms in total. The molecule has 0 unspecified atom stereocenters. The molecule has 0 aromatic carbocycles. The van der Waals surface area contributed by atoms with E-state index in [9.17, 15) is 0 Å². The van der Waals surface area contributed by atoms with Gasteiger partial charge >= 0.3 is 0 Å². The van der Waals surface area contributed by atoms with Crippen LogP contribution in [0.1, 0.15) is 40.0 Å². The van der Waals surface area contributed by atoms with Crippen LogP contribution in [-0.2, 0) is 0 Å². The predicted octanol–water partition coefficient (Wildman–Crippen LogP) is 3.70. The second kappa shape index (κ2) is 3.25. The van der Waals surface area contributed by atoms with Gasteiger partial charge in [-0.2, -0.15) is 0 Å². The Bertz CT molecular complexity index is 182. The van der Waals surface area contributed by atoms with Gasteiger partial charge in [-0.1, -0.05) is 32.1 Å². The minimum Gasteiger partial charge on any atom is -0.0874 e. The first-order valence-electron chi connectivity index (χ1n) is 4.50. The van der Waals surface area contributed by atoms with Gasteiger partial charge < -0.3 is 0 Å². The Kier molecular flexibility index (Phi) is 2.53. The minimum absolute atomic E-state index is 0.421. The average Bonchev–Trinajstić information content (AvgIpc) is 1.94. The van der Waals surface area contributed by atoms with Crippen molar-refractivity contribution in [2.45, 2.75) is 40.0 Å². The van der Waals surface area contributed by atoms with E-state index in [4.69, 9.17) is 0 Å². The summed E-state index contributed by atoms with van der Waals surface area (Å²) in [6, 6.07) is 0. The van der Waals surface area contributed by atoms with Crippen molar-refractivity contribution in [1.29, 1.82) is 0 Å². The summed E-state index contributed by atoms with van der Waals surface area (Å²) in [6.45, 7) is 6.75. The molecule has 0 aromatic rings. The lowest BCUT2D eigenvalue weighted by Crippen LogP contribution is -2.16. The molecule has 0 aromatic heterocycles. The highest BCUT2D eigenvalue weighted by atomic mass is 14.3. The van der Waals surface area contributed by atoms with Gasteiger partial charge in [-0.15, -0.1) is 0 Å². The predicted molar refractivity (Wildman–Crippen MR) is 50.5 cm³/mol. The fourth-order valence-corrected chi connectivity index (χ4v) is 1.70. The van der Waals surface area contributed by atoms with Crippen LogP contribution >= 0.6 is 0 Å². The monoisotopic (exact) mass is 150 g/mol. The van der Waals surface area contributed by atoms with Crippen molar-refractivity contribution in [3.8, 4) is 0 Å². The van der Waals surface area contributed by atoms with E-state index in [1.807, 2.05) is 0 Å². The molecule has 0 atom stereocenters. The Morgan fingerprint density at radius 1 is 1.45 bits per heavy atom. The van der Waals surface area contributed by atoms with E-state index in [2.05, 4.69) is 39.0 Å². The molecule has 0 bridgehead atoms. The molecular weight excluding hydrogens is 132 g/mol. The molecule has 0 saturated carbocycles. The maximum atomic E-state index is 2.38. The molecule has 62 valence electrons. The Balaban J connectivity index is 2.80. The van der Waals surface area contributed by atoms with Crippen molar-refractivity contribution < 1.29 is 0 Å². The van der Waals surface area contributed by atoms with Crippen LogP contribution in [0.25, 0.3) is 0 Å². The molecule has 0 amide bonds. The number of rotatable bonds is 1. The van der Waals surface area contributed by atoms with Gasteiger partial charge in [0.1, 0.15) is 0 Å². The Morgan fingerprint density at radius 3 is 2.73 bits per heavy atom. The van der Waals surface area contributed by atoms with Crippen LogP contribution in [0.2, 0.25) is 0 Å². The summed E-state index contributed by atoms with van der Waals surface area (Å²) in [6.07, 6.45) is 10.7. The average molecular weight is 150 g/mol. The molecule has 11 heavy (non-hydrogen) atoms. The normalized spacial score (nSPS) is 23.7. The maximum Gasteiger partial charge on any atom is -0.0107 e. The third-order valence-electron chi connectivity index (χ3n) is 2.50. The highest BCUT2D eigenvalue weighted by Gasteiger charge is 2.23. The van der Waals surface area contributed by atoms with Crippen LogP contribution in [-0.4, -0.2) is 0 Å². The first-order valence-corrected chi connectivity index (χ1v) is 4.50. The van der Waals surface area contributed by atoms with Gasteiger partial charge in [-0.05, 0) is 37.2 Å². The molecule has 0 heteroatoms. The van der Waals surface area contributed by atoms with Crippen LogP contribution < -0.4 is 0 Å². The molecule has 1 aliphatic carbocycles. The number of hydrogen-bond donors (Lipinski definition) is 0. The molecule has 0 radical (unpaired) electrons. The zero-order valence-electron chi connectivity index (χ0n) is 7.85. The smallest absolute Gasteiger partial charge is 0.0107 e. The summed E-state index contributed by atoms with van der Waals surface area (Å²) in [5.74, 6) is 0. The molecule has 1 rings (SSSR count). The zero-order chi connectivity index (χ0) is 8.32. The first kappa shape index (κ1) is 8.58. The van der Waals surface area contributed by atoms with Gasteiger partial charge in [-0.25, -0.2) is 0 Å². The summed E-state index contributed by atoms with van der Waals surface area (Å²) in [4.78, 5) is 0. The summed E-state index contributed by atoms with van der Waals surface area (Å²) in [5, 5.41) is 0. The summed E-state index contributed by atoms with van der Waals surface area (Å²) >= 11 is 0. The second-order valence-corrected chi connectivity index (χ2v) is 3.94. The first-order chi connectivity index (χ1) is 5.17. The minimum atomic E-state index is 0.421. The van der Waals surface area contributed by atoms with Crippen molar-refractivity contribution in [1.82, 2.24) is 0 Å². The summed E-state index contributed by atoms with van der Waals surface area (Å²) in [7, 11) is 0. The van der Waals surface area contributed by atoms with E-state index in [0.717, 1.165) is 0 Å². The topological polar surface area (TPSA) is 0 Å². The van der Waals surface area contributed by atoms with E-state index < -0.39 is 0 Å². The van der Waals surface area contributed by atoms with Crippen LogP contribution in [0.3, 0.4) is 0 Å². The van der Waals surface area contributed by atoms with Crippen LogP contribution in [0.15, 0.2) is 23.8 Å². The van der Waals surface area contributed by atoms with Crippen molar-refractivity contribution in [2.75, 3.05) is 0 Å². The van der Waals surface area contributed by atoms with Gasteiger partial charge in [0.15, 0.2) is 0 Å². The molecule has 1 aliphatic rings.